The van der Waals surface area contributed by atoms with Crippen LogP contribution in [0.25, 0.3) is 0 Å². The normalized spacial score (nSPS) is 11.2. The van der Waals surface area contributed by atoms with Crippen LogP contribution in [0.3, 0.4) is 0 Å². The van der Waals surface area contributed by atoms with Crippen LogP contribution >= 0.6 is 11.6 Å². The number of amides is 1. The Hall–Kier alpha value is -2.29. The maximum absolute atomic E-state index is 12.4. The second-order valence-electron chi connectivity index (χ2n) is 5.13. The highest BCUT2D eigenvalue weighted by Gasteiger charge is 2.18. The number of hydrogen-bond donors (Lipinski definition) is 2. The average molecular weight is 399 g/mol. The van der Waals surface area contributed by atoms with Crippen molar-refractivity contribution >= 4 is 27.5 Å². The van der Waals surface area contributed by atoms with Crippen LogP contribution in [-0.2, 0) is 10.0 Å². The molecule has 1 amide bonds. The molecular weight excluding hydrogens is 380 g/mol. The lowest BCUT2D eigenvalue weighted by Gasteiger charge is -2.12. The van der Waals surface area contributed by atoms with Crippen LogP contribution in [0.2, 0.25) is 5.02 Å². The summed E-state index contributed by atoms with van der Waals surface area (Å²) in [7, 11) is -3.84. The molecule has 3 N–H and O–H groups in total. The van der Waals surface area contributed by atoms with Crippen LogP contribution in [0.5, 0.6) is 11.5 Å². The van der Waals surface area contributed by atoms with E-state index in [1.807, 2.05) is 0 Å². The topological polar surface area (TPSA) is 108 Å². The molecule has 0 spiro atoms. The van der Waals surface area contributed by atoms with Gasteiger partial charge in [-0.05, 0) is 37.3 Å². The van der Waals surface area contributed by atoms with Crippen molar-refractivity contribution < 1.29 is 22.7 Å². The van der Waals surface area contributed by atoms with Gasteiger partial charge in [0.25, 0.3) is 5.91 Å². The van der Waals surface area contributed by atoms with E-state index in [1.54, 1.807) is 31.2 Å². The number of ether oxygens (including phenoxy) is 2. The molecule has 0 saturated carbocycles. The molecule has 2 aromatic rings. The number of nitrogens with one attached hydrogen (secondary N) is 1. The van der Waals surface area contributed by atoms with Gasteiger partial charge in [-0.2, -0.15) is 0 Å². The summed E-state index contributed by atoms with van der Waals surface area (Å²) in [6, 6.07) is 10.8. The Morgan fingerprint density at radius 2 is 1.88 bits per heavy atom. The molecule has 0 saturated heterocycles. The molecular formula is C17H19ClN2O5S. The van der Waals surface area contributed by atoms with Crippen molar-refractivity contribution in [1.82, 2.24) is 4.72 Å². The molecule has 9 heteroatoms. The predicted molar refractivity (Wildman–Crippen MR) is 98.3 cm³/mol. The first-order valence-electron chi connectivity index (χ1n) is 7.79. The molecule has 2 aromatic carbocycles. The number of sulfonamides is 1. The quantitative estimate of drug-likeness (QED) is 0.629. The van der Waals surface area contributed by atoms with Gasteiger partial charge in [-0.1, -0.05) is 23.7 Å². The lowest BCUT2D eigenvalue weighted by atomic mass is 10.2. The Balaban J connectivity index is 2.04. The van der Waals surface area contributed by atoms with Crippen LogP contribution in [0.15, 0.2) is 47.4 Å². The van der Waals surface area contributed by atoms with Crippen LogP contribution < -0.4 is 19.9 Å². The predicted octanol–water partition coefficient (Wildman–Crippen LogP) is 2.19. The molecule has 26 heavy (non-hydrogen) atoms. The van der Waals surface area contributed by atoms with E-state index in [2.05, 4.69) is 4.72 Å². The number of nitrogens with two attached hydrogens (primary N) is 1. The van der Waals surface area contributed by atoms with Crippen molar-refractivity contribution in [2.24, 2.45) is 5.73 Å². The maximum atomic E-state index is 12.4. The van der Waals surface area contributed by atoms with Crippen LogP contribution in [0, 0.1) is 0 Å². The van der Waals surface area contributed by atoms with Crippen LogP contribution in [0.4, 0.5) is 0 Å². The van der Waals surface area contributed by atoms with E-state index in [9.17, 15) is 13.2 Å². The van der Waals surface area contributed by atoms with Gasteiger partial charge in [0, 0.05) is 6.54 Å². The number of carbonyl (C=O) groups excluding carboxylic acids is 1. The first-order chi connectivity index (χ1) is 12.3. The zero-order valence-electron chi connectivity index (χ0n) is 14.1. The highest BCUT2D eigenvalue weighted by Crippen LogP contribution is 2.23. The number of para-hydroxylation sites is 1. The fourth-order valence-corrected chi connectivity index (χ4v) is 3.36. The van der Waals surface area contributed by atoms with E-state index in [0.29, 0.717) is 17.4 Å². The summed E-state index contributed by atoms with van der Waals surface area (Å²) in [5, 5.41) is 0.438. The monoisotopic (exact) mass is 398 g/mol. The van der Waals surface area contributed by atoms with Gasteiger partial charge in [-0.25, -0.2) is 13.1 Å². The smallest absolute Gasteiger partial charge is 0.252 e. The largest absolute Gasteiger partial charge is 0.493 e. The van der Waals surface area contributed by atoms with Crippen molar-refractivity contribution in [3.8, 4) is 11.5 Å². The van der Waals surface area contributed by atoms with E-state index in [1.165, 1.54) is 18.2 Å². The van der Waals surface area contributed by atoms with E-state index < -0.39 is 15.9 Å². The average Bonchev–Trinajstić information content (AvgIpc) is 2.60. The summed E-state index contributed by atoms with van der Waals surface area (Å²) in [4.78, 5) is 11.4. The summed E-state index contributed by atoms with van der Waals surface area (Å²) in [6.07, 6.45) is 0. The molecule has 0 radical (unpaired) electrons. The molecule has 0 unspecified atom stereocenters. The third kappa shape index (κ3) is 5.10. The SMILES string of the molecule is CCOc1ccc(S(=O)(=O)NCCOc2ccccc2Cl)cc1C(N)=O. The molecule has 0 aliphatic carbocycles. The molecule has 140 valence electrons. The highest BCUT2D eigenvalue weighted by molar-refractivity contribution is 7.89. The van der Waals surface area contributed by atoms with Crippen LogP contribution in [-0.4, -0.2) is 34.1 Å². The minimum Gasteiger partial charge on any atom is -0.493 e. The van der Waals surface area contributed by atoms with E-state index >= 15 is 0 Å². The number of halogens is 1. The van der Waals surface area contributed by atoms with Gasteiger partial charge in [-0.15, -0.1) is 0 Å². The summed E-state index contributed by atoms with van der Waals surface area (Å²) in [5.41, 5.74) is 5.29. The fourth-order valence-electron chi connectivity index (χ4n) is 2.13. The van der Waals surface area contributed by atoms with Gasteiger partial charge in [0.05, 0.1) is 22.1 Å². The number of hydrogen-bond acceptors (Lipinski definition) is 5. The number of benzene rings is 2. The van der Waals surface area contributed by atoms with E-state index in [-0.39, 0.29) is 29.4 Å². The molecule has 0 bridgehead atoms. The summed E-state index contributed by atoms with van der Waals surface area (Å²) < 4.78 is 37.8. The van der Waals surface area contributed by atoms with Crippen molar-refractivity contribution in [3.05, 3.63) is 53.1 Å². The zero-order chi connectivity index (χ0) is 19.2. The second-order valence-corrected chi connectivity index (χ2v) is 7.31. The zero-order valence-corrected chi connectivity index (χ0v) is 15.6. The van der Waals surface area contributed by atoms with Crippen molar-refractivity contribution in [2.75, 3.05) is 19.8 Å². The van der Waals surface area contributed by atoms with E-state index in [0.717, 1.165) is 0 Å². The first kappa shape index (κ1) is 20.0. The van der Waals surface area contributed by atoms with Gasteiger partial charge in [0.15, 0.2) is 0 Å². The van der Waals surface area contributed by atoms with Gasteiger partial charge < -0.3 is 15.2 Å². The molecule has 0 heterocycles. The lowest BCUT2D eigenvalue weighted by Crippen LogP contribution is -2.28. The Kier molecular flexibility index (Phi) is 6.84. The molecule has 0 atom stereocenters. The fraction of sp³-hybridized carbons (Fsp3) is 0.235. The Labute approximate surface area is 157 Å². The molecule has 7 nitrogen and oxygen atoms in total. The highest BCUT2D eigenvalue weighted by atomic mass is 35.5. The third-order valence-corrected chi connectivity index (χ3v) is 5.09. The first-order valence-corrected chi connectivity index (χ1v) is 9.65. The third-order valence-electron chi connectivity index (χ3n) is 3.31. The van der Waals surface area contributed by atoms with Gasteiger partial charge >= 0.3 is 0 Å². The standard InChI is InChI=1S/C17H19ClN2O5S/c1-2-24-15-8-7-12(11-13(15)17(19)21)26(22,23)20-9-10-25-16-6-4-3-5-14(16)18/h3-8,11,20H,2,9-10H2,1H3,(H2,19,21). The number of carbonyl (C=O) groups is 1. The Morgan fingerprint density at radius 1 is 1.15 bits per heavy atom. The second kappa shape index (κ2) is 8.88. The maximum Gasteiger partial charge on any atom is 0.252 e. The van der Waals surface area contributed by atoms with Crippen LogP contribution in [0.1, 0.15) is 17.3 Å². The molecule has 0 fully saturated rings. The molecule has 0 aromatic heterocycles. The summed E-state index contributed by atoms with van der Waals surface area (Å²) in [5.74, 6) is -0.0704. The number of primary amides is 1. The van der Waals surface area contributed by atoms with E-state index in [4.69, 9.17) is 26.8 Å². The molecule has 2 rings (SSSR count). The van der Waals surface area contributed by atoms with Crippen molar-refractivity contribution in [3.63, 3.8) is 0 Å². The molecule has 0 aliphatic rings. The van der Waals surface area contributed by atoms with Crippen molar-refractivity contribution in [2.45, 2.75) is 11.8 Å². The van der Waals surface area contributed by atoms with Gasteiger partial charge in [0.1, 0.15) is 18.1 Å². The minimum atomic E-state index is -3.84. The minimum absolute atomic E-state index is 0.00189. The molecule has 0 aliphatic heterocycles. The Bertz CT molecular complexity index is 886. The summed E-state index contributed by atoms with van der Waals surface area (Å²) in [6.45, 7) is 2.18. The van der Waals surface area contributed by atoms with Gasteiger partial charge in [-0.3, -0.25) is 4.79 Å². The Morgan fingerprint density at radius 3 is 2.54 bits per heavy atom. The number of rotatable bonds is 9. The lowest BCUT2D eigenvalue weighted by molar-refractivity contribution is 0.0996. The van der Waals surface area contributed by atoms with Gasteiger partial charge in [0.2, 0.25) is 10.0 Å². The summed E-state index contributed by atoms with van der Waals surface area (Å²) >= 11 is 5.96. The van der Waals surface area contributed by atoms with Crippen molar-refractivity contribution in [1.29, 1.82) is 0 Å².